The topological polar surface area (TPSA) is 106 Å². The number of pyridine rings is 1. The number of hydrogen-bond donors (Lipinski definition) is 2. The number of rotatable bonds is 5. The molecule has 0 bridgehead atoms. The van der Waals surface area contributed by atoms with Crippen molar-refractivity contribution in [3.05, 3.63) is 27.9 Å². The predicted molar refractivity (Wildman–Crippen MR) is 76.3 cm³/mol. The molecule has 1 fully saturated rings. The number of aromatic nitrogens is 1. The summed E-state index contributed by atoms with van der Waals surface area (Å²) in [6.07, 6.45) is 2.13. The van der Waals surface area contributed by atoms with E-state index in [9.17, 15) is 14.9 Å². The van der Waals surface area contributed by atoms with Crippen molar-refractivity contribution < 1.29 is 14.5 Å². The molecule has 0 aliphatic carbocycles. The van der Waals surface area contributed by atoms with Crippen LogP contribution in [0.5, 0.6) is 0 Å². The van der Waals surface area contributed by atoms with E-state index in [4.69, 9.17) is 4.74 Å². The molecule has 2 N–H and O–H groups in total. The van der Waals surface area contributed by atoms with Crippen molar-refractivity contribution in [1.82, 2.24) is 10.3 Å². The standard InChI is InChI=1S/C13H18N4O4/c1-8-9(3-4-21-8)6-16-13(18)11-5-10(17(19)20)7-15-12(11)14-2/h5,7-9H,3-4,6H2,1-2H3,(H,14,15)(H,16,18). The fourth-order valence-electron chi connectivity index (χ4n) is 2.29. The van der Waals surface area contributed by atoms with E-state index < -0.39 is 4.92 Å². The van der Waals surface area contributed by atoms with Gasteiger partial charge in [-0.25, -0.2) is 4.98 Å². The number of hydrogen-bond acceptors (Lipinski definition) is 6. The van der Waals surface area contributed by atoms with E-state index >= 15 is 0 Å². The van der Waals surface area contributed by atoms with Gasteiger partial charge < -0.3 is 15.4 Å². The third-order valence-corrected chi connectivity index (χ3v) is 3.62. The highest BCUT2D eigenvalue weighted by Crippen LogP contribution is 2.21. The van der Waals surface area contributed by atoms with Gasteiger partial charge in [0.05, 0.1) is 16.6 Å². The third kappa shape index (κ3) is 3.46. The highest BCUT2D eigenvalue weighted by Gasteiger charge is 2.25. The number of nitrogens with zero attached hydrogens (tertiary/aromatic N) is 2. The zero-order chi connectivity index (χ0) is 15.4. The SMILES string of the molecule is CNc1ncc([N+](=O)[O-])cc1C(=O)NCC1CCOC1C. The zero-order valence-corrected chi connectivity index (χ0v) is 12.0. The Hall–Kier alpha value is -2.22. The van der Waals surface area contributed by atoms with Crippen molar-refractivity contribution in [1.29, 1.82) is 0 Å². The van der Waals surface area contributed by atoms with Crippen LogP contribution in [0.4, 0.5) is 11.5 Å². The molecule has 2 heterocycles. The Balaban J connectivity index is 2.10. The van der Waals surface area contributed by atoms with Gasteiger partial charge in [-0.15, -0.1) is 0 Å². The van der Waals surface area contributed by atoms with Crippen LogP contribution in [-0.2, 0) is 4.74 Å². The van der Waals surface area contributed by atoms with Gasteiger partial charge in [-0.3, -0.25) is 14.9 Å². The summed E-state index contributed by atoms with van der Waals surface area (Å²) in [6, 6.07) is 1.22. The quantitative estimate of drug-likeness (QED) is 0.624. The maximum atomic E-state index is 12.2. The second kappa shape index (κ2) is 6.49. The van der Waals surface area contributed by atoms with Gasteiger partial charge in [-0.05, 0) is 13.3 Å². The summed E-state index contributed by atoms with van der Waals surface area (Å²) in [4.78, 5) is 26.3. The second-order valence-corrected chi connectivity index (χ2v) is 4.93. The first kappa shape index (κ1) is 15.2. The summed E-state index contributed by atoms with van der Waals surface area (Å²) in [7, 11) is 1.61. The first-order chi connectivity index (χ1) is 10.0. The molecule has 114 valence electrons. The zero-order valence-electron chi connectivity index (χ0n) is 12.0. The molecule has 0 radical (unpaired) electrons. The third-order valence-electron chi connectivity index (χ3n) is 3.62. The Morgan fingerprint density at radius 2 is 2.38 bits per heavy atom. The molecule has 8 nitrogen and oxygen atoms in total. The number of carbonyl (C=O) groups excluding carboxylic acids is 1. The lowest BCUT2D eigenvalue weighted by atomic mass is 10.0. The Morgan fingerprint density at radius 3 is 2.95 bits per heavy atom. The molecule has 0 saturated carbocycles. The summed E-state index contributed by atoms with van der Waals surface area (Å²) in [5, 5.41) is 16.3. The molecule has 1 amide bonds. The number of nitrogens with one attached hydrogen (secondary N) is 2. The Bertz CT molecular complexity index is 549. The lowest BCUT2D eigenvalue weighted by Crippen LogP contribution is -2.32. The van der Waals surface area contributed by atoms with Gasteiger partial charge in [-0.2, -0.15) is 0 Å². The van der Waals surface area contributed by atoms with Crippen LogP contribution in [0, 0.1) is 16.0 Å². The molecule has 0 spiro atoms. The highest BCUT2D eigenvalue weighted by atomic mass is 16.6. The Labute approximate surface area is 122 Å². The Morgan fingerprint density at radius 1 is 1.62 bits per heavy atom. The van der Waals surface area contributed by atoms with Gasteiger partial charge in [-0.1, -0.05) is 0 Å². The maximum Gasteiger partial charge on any atom is 0.288 e. The van der Waals surface area contributed by atoms with E-state index in [2.05, 4.69) is 15.6 Å². The molecular formula is C13H18N4O4. The average molecular weight is 294 g/mol. The lowest BCUT2D eigenvalue weighted by molar-refractivity contribution is -0.385. The van der Waals surface area contributed by atoms with Crippen LogP contribution >= 0.6 is 0 Å². The van der Waals surface area contributed by atoms with E-state index in [-0.39, 0.29) is 29.2 Å². The van der Waals surface area contributed by atoms with Crippen LogP contribution in [0.2, 0.25) is 0 Å². The summed E-state index contributed by atoms with van der Waals surface area (Å²) in [5.41, 5.74) is -0.0463. The summed E-state index contributed by atoms with van der Waals surface area (Å²) in [5.74, 6) is 0.196. The van der Waals surface area contributed by atoms with Gasteiger partial charge in [0.1, 0.15) is 12.0 Å². The fraction of sp³-hybridized carbons (Fsp3) is 0.538. The minimum absolute atomic E-state index is 0.109. The van der Waals surface area contributed by atoms with E-state index in [0.717, 1.165) is 12.6 Å². The predicted octanol–water partition coefficient (Wildman–Crippen LogP) is 1.19. The molecule has 1 aliphatic rings. The van der Waals surface area contributed by atoms with Crippen molar-refractivity contribution in [2.45, 2.75) is 19.4 Å². The van der Waals surface area contributed by atoms with E-state index in [1.807, 2.05) is 6.92 Å². The van der Waals surface area contributed by atoms with E-state index in [0.29, 0.717) is 19.0 Å². The van der Waals surface area contributed by atoms with Gasteiger partial charge in [0, 0.05) is 32.2 Å². The van der Waals surface area contributed by atoms with Crippen LogP contribution in [0.1, 0.15) is 23.7 Å². The van der Waals surface area contributed by atoms with Gasteiger partial charge in [0.25, 0.3) is 11.6 Å². The van der Waals surface area contributed by atoms with Crippen LogP contribution in [-0.4, -0.2) is 42.1 Å². The summed E-state index contributed by atoms with van der Waals surface area (Å²) >= 11 is 0. The van der Waals surface area contributed by atoms with Gasteiger partial charge >= 0.3 is 0 Å². The molecule has 0 aromatic carbocycles. The smallest absolute Gasteiger partial charge is 0.288 e. The number of anilines is 1. The second-order valence-electron chi connectivity index (χ2n) is 4.93. The van der Waals surface area contributed by atoms with Crippen molar-refractivity contribution in [2.24, 2.45) is 5.92 Å². The molecular weight excluding hydrogens is 276 g/mol. The average Bonchev–Trinajstić information content (AvgIpc) is 2.89. The number of carbonyl (C=O) groups is 1. The van der Waals surface area contributed by atoms with Crippen molar-refractivity contribution in [3.63, 3.8) is 0 Å². The summed E-state index contributed by atoms with van der Waals surface area (Å²) in [6.45, 7) is 3.14. The highest BCUT2D eigenvalue weighted by molar-refractivity contribution is 5.99. The number of ether oxygens (including phenoxy) is 1. The lowest BCUT2D eigenvalue weighted by Gasteiger charge is -2.15. The molecule has 1 aromatic rings. The van der Waals surface area contributed by atoms with E-state index in [1.54, 1.807) is 7.05 Å². The molecule has 8 heteroatoms. The van der Waals surface area contributed by atoms with Crippen molar-refractivity contribution in [3.8, 4) is 0 Å². The normalized spacial score (nSPS) is 21.0. The van der Waals surface area contributed by atoms with Crippen LogP contribution in [0.15, 0.2) is 12.3 Å². The fourth-order valence-corrected chi connectivity index (χ4v) is 2.29. The van der Waals surface area contributed by atoms with Gasteiger partial charge in [0.2, 0.25) is 0 Å². The Kier molecular flexibility index (Phi) is 4.69. The molecule has 2 unspecified atom stereocenters. The molecule has 1 aromatic heterocycles. The van der Waals surface area contributed by atoms with Crippen molar-refractivity contribution >= 4 is 17.4 Å². The van der Waals surface area contributed by atoms with Crippen molar-refractivity contribution in [2.75, 3.05) is 25.5 Å². The first-order valence-electron chi connectivity index (χ1n) is 6.75. The molecule has 2 rings (SSSR count). The molecule has 2 atom stereocenters. The molecule has 1 saturated heterocycles. The minimum Gasteiger partial charge on any atom is -0.378 e. The maximum absolute atomic E-state index is 12.2. The first-order valence-corrected chi connectivity index (χ1v) is 6.75. The largest absolute Gasteiger partial charge is 0.378 e. The monoisotopic (exact) mass is 294 g/mol. The molecule has 21 heavy (non-hydrogen) atoms. The van der Waals surface area contributed by atoms with Crippen LogP contribution < -0.4 is 10.6 Å². The minimum atomic E-state index is -0.573. The summed E-state index contributed by atoms with van der Waals surface area (Å²) < 4.78 is 5.43. The van der Waals surface area contributed by atoms with Gasteiger partial charge in [0.15, 0.2) is 0 Å². The number of nitro groups is 1. The number of amides is 1. The van der Waals surface area contributed by atoms with E-state index in [1.165, 1.54) is 6.07 Å². The van der Waals surface area contributed by atoms with Crippen LogP contribution in [0.3, 0.4) is 0 Å². The molecule has 1 aliphatic heterocycles. The van der Waals surface area contributed by atoms with Crippen LogP contribution in [0.25, 0.3) is 0 Å².